The van der Waals surface area contributed by atoms with Gasteiger partial charge in [0.1, 0.15) is 5.60 Å². The molecule has 0 radical (unpaired) electrons. The molecule has 1 heterocycles. The molecule has 0 spiro atoms. The van der Waals surface area contributed by atoms with Crippen molar-refractivity contribution < 1.29 is 13.9 Å². The van der Waals surface area contributed by atoms with Gasteiger partial charge in [-0.25, -0.2) is 0 Å². The fraction of sp³-hybridized carbons (Fsp3) is 0.471. The van der Waals surface area contributed by atoms with Crippen molar-refractivity contribution in [3.63, 3.8) is 0 Å². The van der Waals surface area contributed by atoms with Crippen LogP contribution in [-0.4, -0.2) is 18.5 Å². The molecule has 21 heavy (non-hydrogen) atoms. The van der Waals surface area contributed by atoms with E-state index in [9.17, 15) is 4.79 Å². The van der Waals surface area contributed by atoms with Crippen LogP contribution in [0.2, 0.25) is 5.02 Å². The maximum Gasteiger partial charge on any atom is 0.229 e. The number of carbonyl (C=O) groups is 1. The van der Waals surface area contributed by atoms with Crippen LogP contribution in [0.3, 0.4) is 0 Å². The summed E-state index contributed by atoms with van der Waals surface area (Å²) in [5.41, 5.74) is -0.168. The maximum atomic E-state index is 12.9. The van der Waals surface area contributed by atoms with E-state index in [0.29, 0.717) is 16.4 Å². The van der Waals surface area contributed by atoms with Gasteiger partial charge in [0, 0.05) is 12.5 Å². The predicted molar refractivity (Wildman–Crippen MR) is 83.0 cm³/mol. The van der Waals surface area contributed by atoms with E-state index in [1.54, 1.807) is 19.2 Å². The van der Waals surface area contributed by atoms with Gasteiger partial charge in [-0.2, -0.15) is 0 Å². The molecular weight excluding hydrogens is 288 g/mol. The van der Waals surface area contributed by atoms with Gasteiger partial charge in [0.2, 0.25) is 5.78 Å². The van der Waals surface area contributed by atoms with Crippen molar-refractivity contribution in [3.8, 4) is 0 Å². The summed E-state index contributed by atoms with van der Waals surface area (Å²) < 4.78 is 11.4. The third-order valence-corrected chi connectivity index (χ3v) is 4.73. The highest BCUT2D eigenvalue weighted by molar-refractivity contribution is 6.34. The smallest absolute Gasteiger partial charge is 0.229 e. The number of hydrogen-bond donors (Lipinski definition) is 0. The Morgan fingerprint density at radius 2 is 1.95 bits per heavy atom. The molecule has 0 saturated heterocycles. The molecule has 1 aliphatic carbocycles. The van der Waals surface area contributed by atoms with Crippen LogP contribution in [0.4, 0.5) is 0 Å². The van der Waals surface area contributed by atoms with E-state index < -0.39 is 5.60 Å². The maximum absolute atomic E-state index is 12.9. The zero-order chi connectivity index (χ0) is 14.9. The van der Waals surface area contributed by atoms with Crippen molar-refractivity contribution in [1.29, 1.82) is 0 Å². The molecule has 1 aromatic heterocycles. The zero-order valence-electron chi connectivity index (χ0n) is 12.2. The van der Waals surface area contributed by atoms with Gasteiger partial charge in [0.15, 0.2) is 11.3 Å². The van der Waals surface area contributed by atoms with Crippen LogP contribution in [0.5, 0.6) is 0 Å². The first-order valence-corrected chi connectivity index (χ1v) is 7.82. The fourth-order valence-electron chi connectivity index (χ4n) is 3.19. The van der Waals surface area contributed by atoms with Gasteiger partial charge < -0.3 is 9.15 Å². The molecule has 1 saturated carbocycles. The van der Waals surface area contributed by atoms with Crippen LogP contribution in [0.15, 0.2) is 28.7 Å². The summed E-state index contributed by atoms with van der Waals surface area (Å²) in [6.45, 7) is 0. The molecular formula is C17H19ClO3. The first-order valence-electron chi connectivity index (χ1n) is 7.44. The Hall–Kier alpha value is -1.32. The van der Waals surface area contributed by atoms with Crippen LogP contribution < -0.4 is 0 Å². The van der Waals surface area contributed by atoms with Gasteiger partial charge in [0.05, 0.1) is 5.02 Å². The van der Waals surface area contributed by atoms with Crippen LogP contribution >= 0.6 is 11.6 Å². The normalized spacial score (nSPS) is 18.6. The number of para-hydroxylation sites is 1. The minimum Gasteiger partial charge on any atom is -0.451 e. The van der Waals surface area contributed by atoms with E-state index >= 15 is 0 Å². The number of Topliss-reactive ketones (excluding diaryl/α,β-unsaturated/α-hetero) is 1. The number of rotatable bonds is 3. The molecule has 0 aliphatic heterocycles. The molecule has 0 N–H and O–H groups in total. The first kappa shape index (κ1) is 14.6. The highest BCUT2D eigenvalue weighted by atomic mass is 35.5. The van der Waals surface area contributed by atoms with Crippen LogP contribution in [-0.2, 0) is 4.74 Å². The van der Waals surface area contributed by atoms with Gasteiger partial charge in [-0.15, -0.1) is 0 Å². The minimum atomic E-state index is -0.739. The largest absolute Gasteiger partial charge is 0.451 e. The van der Waals surface area contributed by atoms with Crippen molar-refractivity contribution in [1.82, 2.24) is 0 Å². The van der Waals surface area contributed by atoms with Gasteiger partial charge in [-0.05, 0) is 25.0 Å². The third-order valence-electron chi connectivity index (χ3n) is 4.44. The third kappa shape index (κ3) is 2.60. The Morgan fingerprint density at radius 3 is 2.57 bits per heavy atom. The van der Waals surface area contributed by atoms with Crippen molar-refractivity contribution in [2.24, 2.45) is 0 Å². The van der Waals surface area contributed by atoms with E-state index in [1.165, 1.54) is 0 Å². The van der Waals surface area contributed by atoms with Gasteiger partial charge in [-0.1, -0.05) is 49.4 Å². The van der Waals surface area contributed by atoms with E-state index in [1.807, 2.05) is 12.1 Å². The fourth-order valence-corrected chi connectivity index (χ4v) is 3.41. The summed E-state index contributed by atoms with van der Waals surface area (Å²) in [6.07, 6.45) is 5.86. The lowest BCUT2D eigenvalue weighted by atomic mass is 9.88. The van der Waals surface area contributed by atoms with Gasteiger partial charge >= 0.3 is 0 Å². The number of furan rings is 1. The molecule has 1 aliphatic rings. The summed E-state index contributed by atoms with van der Waals surface area (Å²) in [5.74, 6) is 0.293. The number of halogens is 1. The molecule has 3 nitrogen and oxygen atoms in total. The molecule has 0 bridgehead atoms. The lowest BCUT2D eigenvalue weighted by Crippen LogP contribution is -2.40. The molecule has 0 atom stereocenters. The number of ether oxygens (including phenoxy) is 1. The summed E-state index contributed by atoms with van der Waals surface area (Å²) in [7, 11) is 1.62. The van der Waals surface area contributed by atoms with Crippen LogP contribution in [0.25, 0.3) is 11.0 Å². The standard InChI is InChI=1S/C17H19ClO3/c1-20-17(9-4-2-3-5-10-17)16(19)14-11-12-7-6-8-13(18)15(12)21-14/h6-8,11H,2-5,9-10H2,1H3. The molecule has 1 fully saturated rings. The second-order valence-corrected chi connectivity index (χ2v) is 6.12. The zero-order valence-corrected chi connectivity index (χ0v) is 12.9. The van der Waals surface area contributed by atoms with Crippen molar-refractivity contribution in [2.45, 2.75) is 44.1 Å². The summed E-state index contributed by atoms with van der Waals surface area (Å²) in [4.78, 5) is 12.9. The number of fused-ring (bicyclic) bond motifs is 1. The molecule has 2 aromatic rings. The average Bonchev–Trinajstić information content (AvgIpc) is 2.79. The number of hydrogen-bond acceptors (Lipinski definition) is 3. The molecule has 4 heteroatoms. The minimum absolute atomic E-state index is 0.0563. The van der Waals surface area contributed by atoms with Gasteiger partial charge in [0.25, 0.3) is 0 Å². The number of carbonyl (C=O) groups excluding carboxylic acids is 1. The average molecular weight is 307 g/mol. The van der Waals surface area contributed by atoms with Crippen molar-refractivity contribution in [3.05, 3.63) is 35.0 Å². The Morgan fingerprint density at radius 1 is 1.24 bits per heavy atom. The number of benzene rings is 1. The van der Waals surface area contributed by atoms with E-state index in [4.69, 9.17) is 20.8 Å². The second-order valence-electron chi connectivity index (χ2n) is 5.71. The van der Waals surface area contributed by atoms with Crippen LogP contribution in [0, 0.1) is 0 Å². The number of methoxy groups -OCH3 is 1. The summed E-state index contributed by atoms with van der Waals surface area (Å²) in [6, 6.07) is 7.29. The Balaban J connectivity index is 1.99. The van der Waals surface area contributed by atoms with E-state index in [-0.39, 0.29) is 5.78 Å². The lowest BCUT2D eigenvalue weighted by Gasteiger charge is -2.28. The van der Waals surface area contributed by atoms with E-state index in [0.717, 1.165) is 43.9 Å². The molecule has 0 amide bonds. The topological polar surface area (TPSA) is 39.4 Å². The molecule has 3 rings (SSSR count). The van der Waals surface area contributed by atoms with E-state index in [2.05, 4.69) is 0 Å². The Bertz CT molecular complexity index is 651. The van der Waals surface area contributed by atoms with Gasteiger partial charge in [-0.3, -0.25) is 4.79 Å². The quantitative estimate of drug-likeness (QED) is 0.591. The number of ketones is 1. The Kier molecular flexibility index (Phi) is 4.05. The van der Waals surface area contributed by atoms with Crippen molar-refractivity contribution in [2.75, 3.05) is 7.11 Å². The lowest BCUT2D eigenvalue weighted by molar-refractivity contribution is -0.00875. The SMILES string of the molecule is COC1(C(=O)c2cc3cccc(Cl)c3o2)CCCCCC1. The summed E-state index contributed by atoms with van der Waals surface area (Å²) in [5, 5.41) is 1.38. The van der Waals surface area contributed by atoms with Crippen LogP contribution in [0.1, 0.15) is 49.1 Å². The predicted octanol–water partition coefficient (Wildman–Crippen LogP) is 5.01. The highest BCUT2D eigenvalue weighted by Gasteiger charge is 2.40. The molecule has 0 unspecified atom stereocenters. The molecule has 112 valence electrons. The molecule has 1 aromatic carbocycles. The summed E-state index contributed by atoms with van der Waals surface area (Å²) >= 11 is 6.12. The van der Waals surface area contributed by atoms with Crippen molar-refractivity contribution >= 4 is 28.4 Å². The monoisotopic (exact) mass is 306 g/mol. The highest BCUT2D eigenvalue weighted by Crippen LogP contribution is 2.35. The Labute approximate surface area is 129 Å². The second kappa shape index (κ2) is 5.82. The first-order chi connectivity index (χ1) is 10.2.